The molecule has 1 aromatic carbocycles. The number of H-pyrrole nitrogens is 1. The normalized spacial score (nSPS) is 24.2. The number of imide groups is 1. The smallest absolute Gasteiger partial charge is 0.255 e. The number of rotatable bonds is 1. The van der Waals surface area contributed by atoms with Crippen LogP contribution in [0.5, 0.6) is 0 Å². The van der Waals surface area contributed by atoms with Gasteiger partial charge in [-0.25, -0.2) is 0 Å². The van der Waals surface area contributed by atoms with E-state index in [9.17, 15) is 9.59 Å². The van der Waals surface area contributed by atoms with Crippen LogP contribution in [0.2, 0.25) is 0 Å². The first kappa shape index (κ1) is 12.9. The highest BCUT2D eigenvalue weighted by molar-refractivity contribution is 6.10. The molecule has 4 rings (SSSR count). The van der Waals surface area contributed by atoms with Crippen LogP contribution in [0.3, 0.4) is 0 Å². The second-order valence-corrected chi connectivity index (χ2v) is 5.73. The minimum Gasteiger partial charge on any atom is -0.358 e. The monoisotopic (exact) mass is 293 g/mol. The van der Waals surface area contributed by atoms with Crippen molar-refractivity contribution in [2.24, 2.45) is 5.92 Å². The predicted octanol–water partition coefficient (Wildman–Crippen LogP) is 1.87. The number of piperidine rings is 1. The molecule has 2 atom stereocenters. The van der Waals surface area contributed by atoms with E-state index in [1.54, 1.807) is 6.20 Å². The van der Waals surface area contributed by atoms with Crippen LogP contribution in [0.4, 0.5) is 0 Å². The molecule has 2 aliphatic heterocycles. The van der Waals surface area contributed by atoms with Gasteiger partial charge in [-0.3, -0.25) is 14.9 Å². The molecule has 2 amide bonds. The van der Waals surface area contributed by atoms with Gasteiger partial charge in [0.15, 0.2) is 0 Å². The molecule has 5 heteroatoms. The number of aromatic nitrogens is 1. The Morgan fingerprint density at radius 3 is 2.82 bits per heavy atom. The lowest BCUT2D eigenvalue weighted by Gasteiger charge is -2.33. The summed E-state index contributed by atoms with van der Waals surface area (Å²) in [7, 11) is 1.86. The van der Waals surface area contributed by atoms with E-state index in [4.69, 9.17) is 0 Å². The zero-order valence-corrected chi connectivity index (χ0v) is 12.0. The lowest BCUT2D eigenvalue weighted by Crippen LogP contribution is -2.47. The molecule has 5 nitrogen and oxygen atoms in total. The third kappa shape index (κ3) is 1.86. The number of benzene rings is 1. The van der Waals surface area contributed by atoms with Crippen molar-refractivity contribution in [3.63, 3.8) is 0 Å². The van der Waals surface area contributed by atoms with Crippen molar-refractivity contribution in [2.45, 2.75) is 5.92 Å². The van der Waals surface area contributed by atoms with Crippen molar-refractivity contribution in [1.82, 2.24) is 15.2 Å². The first-order valence-corrected chi connectivity index (χ1v) is 7.18. The Bertz CT molecular complexity index is 813. The number of hydrogen-bond donors (Lipinski definition) is 2. The van der Waals surface area contributed by atoms with Gasteiger partial charge in [-0.15, -0.1) is 0 Å². The van der Waals surface area contributed by atoms with Crippen molar-refractivity contribution < 1.29 is 9.59 Å². The standard InChI is InChI=1S/C17H15N3O2/c1-20-7-6-11-12(9-20)16(21)19-17(22)15(11)14-8-10-4-2-3-5-13(10)18-14/h2-9,11,15,18H,1H3,(H,19,21,22)/t11-,15+/m0/s1. The topological polar surface area (TPSA) is 65.2 Å². The summed E-state index contributed by atoms with van der Waals surface area (Å²) in [5, 5.41) is 3.53. The maximum absolute atomic E-state index is 12.4. The molecule has 0 bridgehead atoms. The van der Waals surface area contributed by atoms with E-state index in [1.807, 2.05) is 54.6 Å². The Balaban J connectivity index is 1.82. The molecule has 3 heterocycles. The summed E-state index contributed by atoms with van der Waals surface area (Å²) in [5.41, 5.74) is 2.44. The molecule has 0 radical (unpaired) electrons. The molecule has 0 spiro atoms. The van der Waals surface area contributed by atoms with Crippen LogP contribution >= 0.6 is 0 Å². The highest BCUT2D eigenvalue weighted by atomic mass is 16.2. The first-order valence-electron chi connectivity index (χ1n) is 7.18. The van der Waals surface area contributed by atoms with Gasteiger partial charge < -0.3 is 9.88 Å². The van der Waals surface area contributed by atoms with Crippen molar-refractivity contribution >= 4 is 22.7 Å². The summed E-state index contributed by atoms with van der Waals surface area (Å²) >= 11 is 0. The number of para-hydroxylation sites is 1. The summed E-state index contributed by atoms with van der Waals surface area (Å²) in [6, 6.07) is 9.88. The van der Waals surface area contributed by atoms with Gasteiger partial charge in [-0.2, -0.15) is 0 Å². The summed E-state index contributed by atoms with van der Waals surface area (Å²) in [4.78, 5) is 29.6. The Morgan fingerprint density at radius 1 is 1.18 bits per heavy atom. The van der Waals surface area contributed by atoms with Gasteiger partial charge in [-0.1, -0.05) is 24.3 Å². The number of fused-ring (bicyclic) bond motifs is 2. The molecule has 22 heavy (non-hydrogen) atoms. The lowest BCUT2D eigenvalue weighted by atomic mass is 9.79. The highest BCUT2D eigenvalue weighted by Crippen LogP contribution is 2.37. The third-order valence-corrected chi connectivity index (χ3v) is 4.26. The molecule has 2 aliphatic rings. The molecular formula is C17H15N3O2. The van der Waals surface area contributed by atoms with E-state index in [-0.39, 0.29) is 17.7 Å². The van der Waals surface area contributed by atoms with Gasteiger partial charge in [-0.05, 0) is 23.7 Å². The zero-order chi connectivity index (χ0) is 15.3. The number of amides is 2. The molecule has 2 N–H and O–H groups in total. The lowest BCUT2D eigenvalue weighted by molar-refractivity contribution is -0.132. The molecule has 110 valence electrons. The van der Waals surface area contributed by atoms with Gasteiger partial charge in [0.05, 0.1) is 5.92 Å². The van der Waals surface area contributed by atoms with Crippen LogP contribution in [0, 0.1) is 5.92 Å². The summed E-state index contributed by atoms with van der Waals surface area (Å²) in [5.74, 6) is -1.21. The Morgan fingerprint density at radius 2 is 2.00 bits per heavy atom. The fourth-order valence-electron chi connectivity index (χ4n) is 3.20. The highest BCUT2D eigenvalue weighted by Gasteiger charge is 2.41. The fraction of sp³-hybridized carbons (Fsp3) is 0.176. The molecule has 1 aromatic heterocycles. The van der Waals surface area contributed by atoms with E-state index >= 15 is 0 Å². The quantitative estimate of drug-likeness (QED) is 0.789. The van der Waals surface area contributed by atoms with Crippen molar-refractivity contribution in [3.8, 4) is 0 Å². The molecule has 1 fully saturated rings. The largest absolute Gasteiger partial charge is 0.358 e. The average molecular weight is 293 g/mol. The number of carbonyl (C=O) groups excluding carboxylic acids is 2. The van der Waals surface area contributed by atoms with Crippen molar-refractivity contribution in [2.75, 3.05) is 7.05 Å². The van der Waals surface area contributed by atoms with Crippen molar-refractivity contribution in [3.05, 3.63) is 60.1 Å². The van der Waals surface area contributed by atoms with Crippen LogP contribution in [-0.2, 0) is 9.59 Å². The first-order chi connectivity index (χ1) is 10.6. The molecule has 0 unspecified atom stereocenters. The minimum absolute atomic E-state index is 0.231. The number of nitrogens with one attached hydrogen (secondary N) is 2. The molecule has 0 aliphatic carbocycles. The van der Waals surface area contributed by atoms with Gasteiger partial charge in [0, 0.05) is 35.9 Å². The minimum atomic E-state index is -0.415. The van der Waals surface area contributed by atoms with Gasteiger partial charge in [0.25, 0.3) is 5.91 Å². The summed E-state index contributed by atoms with van der Waals surface area (Å²) < 4.78 is 0. The Kier molecular flexibility index (Phi) is 2.69. The molecule has 0 saturated carbocycles. The third-order valence-electron chi connectivity index (χ3n) is 4.26. The maximum atomic E-state index is 12.4. The van der Waals surface area contributed by atoms with Crippen LogP contribution in [-0.4, -0.2) is 28.7 Å². The molecule has 2 aromatic rings. The molecular weight excluding hydrogens is 278 g/mol. The second-order valence-electron chi connectivity index (χ2n) is 5.73. The predicted molar refractivity (Wildman–Crippen MR) is 82.7 cm³/mol. The van der Waals surface area contributed by atoms with Gasteiger partial charge in [0.2, 0.25) is 5.91 Å². The second kappa shape index (κ2) is 4.59. The van der Waals surface area contributed by atoms with E-state index in [0.717, 1.165) is 16.6 Å². The fourth-order valence-corrected chi connectivity index (χ4v) is 3.20. The van der Waals surface area contributed by atoms with E-state index < -0.39 is 5.92 Å². The van der Waals surface area contributed by atoms with E-state index in [0.29, 0.717) is 5.57 Å². The van der Waals surface area contributed by atoms with Crippen LogP contribution < -0.4 is 5.32 Å². The number of aromatic amines is 1. The summed E-state index contributed by atoms with van der Waals surface area (Å²) in [6.07, 6.45) is 5.58. The SMILES string of the molecule is CN1C=C[C@H]2C(=C1)C(=O)NC(=O)[C@H]2c1cc2ccccc2[nH]1. The summed E-state index contributed by atoms with van der Waals surface area (Å²) in [6.45, 7) is 0. The van der Waals surface area contributed by atoms with Crippen molar-refractivity contribution in [1.29, 1.82) is 0 Å². The van der Waals surface area contributed by atoms with Gasteiger partial charge in [0.1, 0.15) is 0 Å². The Hall–Kier alpha value is -2.82. The maximum Gasteiger partial charge on any atom is 0.255 e. The number of hydrogen-bond acceptors (Lipinski definition) is 3. The zero-order valence-electron chi connectivity index (χ0n) is 12.0. The molecule has 1 saturated heterocycles. The van der Waals surface area contributed by atoms with Gasteiger partial charge >= 0.3 is 0 Å². The number of allylic oxidation sites excluding steroid dienone is 1. The number of nitrogens with zero attached hydrogens (tertiary/aromatic N) is 1. The van der Waals surface area contributed by atoms with Crippen LogP contribution in [0.25, 0.3) is 10.9 Å². The van der Waals surface area contributed by atoms with Crippen LogP contribution in [0.15, 0.2) is 54.4 Å². The van der Waals surface area contributed by atoms with E-state index in [1.165, 1.54) is 0 Å². The average Bonchev–Trinajstić information content (AvgIpc) is 2.91. The van der Waals surface area contributed by atoms with E-state index in [2.05, 4.69) is 10.3 Å². The number of carbonyl (C=O) groups is 2. The Labute approximate surface area is 127 Å². The van der Waals surface area contributed by atoms with Crippen LogP contribution in [0.1, 0.15) is 11.6 Å².